The first-order valence-electron chi connectivity index (χ1n) is 8.27. The van der Waals surface area contributed by atoms with E-state index >= 15 is 0 Å². The highest BCUT2D eigenvalue weighted by Gasteiger charge is 2.24. The average molecular weight is 456 g/mol. The lowest BCUT2D eigenvalue weighted by molar-refractivity contribution is -0.131. The third-order valence-corrected chi connectivity index (χ3v) is 6.68. The van der Waals surface area contributed by atoms with Gasteiger partial charge in [0.25, 0.3) is 10.0 Å². The van der Waals surface area contributed by atoms with Crippen molar-refractivity contribution in [2.45, 2.75) is 9.79 Å². The number of nitrogens with one attached hydrogen (secondary N) is 2. The SMILES string of the molecule is CNS(=O)(=O)c1ccc(NS(=O)(=O)c2cc(/C=C/C(=O)O)cc(OC)c2OC)cc1. The molecule has 0 aliphatic rings. The highest BCUT2D eigenvalue weighted by molar-refractivity contribution is 7.92. The zero-order chi connectivity index (χ0) is 22.5. The quantitative estimate of drug-likeness (QED) is 0.481. The van der Waals surface area contributed by atoms with Crippen LogP contribution in [0.2, 0.25) is 0 Å². The molecule has 0 saturated carbocycles. The van der Waals surface area contributed by atoms with Crippen LogP contribution in [0.25, 0.3) is 6.08 Å². The van der Waals surface area contributed by atoms with E-state index in [9.17, 15) is 21.6 Å². The molecule has 30 heavy (non-hydrogen) atoms. The Bertz CT molecular complexity index is 1170. The lowest BCUT2D eigenvalue weighted by Gasteiger charge is -2.15. The van der Waals surface area contributed by atoms with E-state index in [4.69, 9.17) is 14.6 Å². The van der Waals surface area contributed by atoms with Crippen LogP contribution in [0.5, 0.6) is 11.5 Å². The number of anilines is 1. The van der Waals surface area contributed by atoms with E-state index in [-0.39, 0.29) is 32.5 Å². The Hall–Kier alpha value is -3.09. The van der Waals surface area contributed by atoms with Gasteiger partial charge in [-0.2, -0.15) is 0 Å². The molecule has 162 valence electrons. The number of carboxylic acid groups (broad SMARTS) is 1. The van der Waals surface area contributed by atoms with Gasteiger partial charge in [0.05, 0.1) is 19.1 Å². The predicted molar refractivity (Wildman–Crippen MR) is 110 cm³/mol. The third kappa shape index (κ3) is 5.28. The molecule has 0 saturated heterocycles. The highest BCUT2D eigenvalue weighted by Crippen LogP contribution is 2.37. The molecule has 0 aromatic heterocycles. The van der Waals surface area contributed by atoms with E-state index in [1.165, 1.54) is 63.7 Å². The summed E-state index contributed by atoms with van der Waals surface area (Å²) in [5.74, 6) is -1.20. The molecule has 0 unspecified atom stereocenters. The van der Waals surface area contributed by atoms with Crippen molar-refractivity contribution in [1.29, 1.82) is 0 Å². The summed E-state index contributed by atoms with van der Waals surface area (Å²) in [5, 5.41) is 8.80. The number of ether oxygens (including phenoxy) is 2. The van der Waals surface area contributed by atoms with Crippen molar-refractivity contribution >= 4 is 37.8 Å². The zero-order valence-electron chi connectivity index (χ0n) is 16.2. The second-order valence-electron chi connectivity index (χ2n) is 5.76. The van der Waals surface area contributed by atoms with Gasteiger partial charge >= 0.3 is 5.97 Å². The molecule has 0 atom stereocenters. The van der Waals surface area contributed by atoms with Gasteiger partial charge in [0.15, 0.2) is 11.5 Å². The Labute approximate surface area is 174 Å². The minimum absolute atomic E-state index is 0.0343. The van der Waals surface area contributed by atoms with E-state index in [2.05, 4.69) is 9.44 Å². The van der Waals surface area contributed by atoms with E-state index in [1.807, 2.05) is 0 Å². The number of carbonyl (C=O) groups is 1. The fourth-order valence-corrected chi connectivity index (χ4v) is 4.45. The maximum Gasteiger partial charge on any atom is 0.328 e. The smallest absolute Gasteiger partial charge is 0.328 e. The van der Waals surface area contributed by atoms with Crippen LogP contribution >= 0.6 is 0 Å². The van der Waals surface area contributed by atoms with Crippen molar-refractivity contribution in [2.75, 3.05) is 26.0 Å². The minimum atomic E-state index is -4.21. The Balaban J connectivity index is 2.50. The van der Waals surface area contributed by atoms with Crippen molar-refractivity contribution in [3.63, 3.8) is 0 Å². The fraction of sp³-hybridized carbons (Fsp3) is 0.167. The van der Waals surface area contributed by atoms with Crippen molar-refractivity contribution in [3.05, 3.63) is 48.0 Å². The fourth-order valence-electron chi connectivity index (χ4n) is 2.44. The Morgan fingerprint density at radius 2 is 1.63 bits per heavy atom. The molecule has 0 aliphatic carbocycles. The van der Waals surface area contributed by atoms with Crippen molar-refractivity contribution < 1.29 is 36.2 Å². The summed E-state index contributed by atoms with van der Waals surface area (Å²) < 4.78 is 64.3. The Kier molecular flexibility index (Phi) is 7.08. The van der Waals surface area contributed by atoms with Crippen LogP contribution in [0.4, 0.5) is 5.69 Å². The van der Waals surface area contributed by atoms with Gasteiger partial charge in [-0.1, -0.05) is 0 Å². The minimum Gasteiger partial charge on any atom is -0.493 e. The molecule has 12 heteroatoms. The van der Waals surface area contributed by atoms with Crippen LogP contribution in [0.3, 0.4) is 0 Å². The van der Waals surface area contributed by atoms with Crippen LogP contribution in [-0.4, -0.2) is 49.2 Å². The molecule has 0 aliphatic heterocycles. The number of hydrogen-bond acceptors (Lipinski definition) is 7. The summed E-state index contributed by atoms with van der Waals surface area (Å²) in [7, 11) is -4.03. The number of benzene rings is 2. The van der Waals surface area contributed by atoms with Crippen molar-refractivity contribution in [1.82, 2.24) is 4.72 Å². The summed E-state index contributed by atoms with van der Waals surface area (Å²) in [6, 6.07) is 7.72. The van der Waals surface area contributed by atoms with Gasteiger partial charge in [-0.15, -0.1) is 0 Å². The average Bonchev–Trinajstić information content (AvgIpc) is 2.71. The number of aliphatic carboxylic acids is 1. The molecule has 0 spiro atoms. The van der Waals surface area contributed by atoms with Gasteiger partial charge in [0.1, 0.15) is 4.90 Å². The van der Waals surface area contributed by atoms with Crippen LogP contribution in [0, 0.1) is 0 Å². The van der Waals surface area contributed by atoms with Gasteiger partial charge in [-0.05, 0) is 55.1 Å². The van der Waals surface area contributed by atoms with Crippen molar-refractivity contribution in [3.8, 4) is 11.5 Å². The largest absolute Gasteiger partial charge is 0.493 e. The summed E-state index contributed by atoms with van der Waals surface area (Å²) in [5.41, 5.74) is 0.364. The standard InChI is InChI=1S/C18H20N2O8S2/c1-19-29(23,24)14-7-5-13(6-8-14)20-30(25,26)16-11-12(4-9-17(21)22)10-15(27-2)18(16)28-3/h4-11,19-20H,1-3H3,(H,21,22)/b9-4+. The zero-order valence-corrected chi connectivity index (χ0v) is 17.9. The van der Waals surface area contributed by atoms with Crippen molar-refractivity contribution in [2.24, 2.45) is 0 Å². The molecule has 2 rings (SSSR count). The van der Waals surface area contributed by atoms with Crippen LogP contribution in [-0.2, 0) is 24.8 Å². The molecule has 0 radical (unpaired) electrons. The molecule has 0 bridgehead atoms. The highest BCUT2D eigenvalue weighted by atomic mass is 32.2. The molecule has 0 fully saturated rings. The molecule has 0 amide bonds. The van der Waals surface area contributed by atoms with E-state index in [0.717, 1.165) is 6.08 Å². The summed E-state index contributed by atoms with van der Waals surface area (Å²) in [6.07, 6.45) is 2.06. The Morgan fingerprint density at radius 3 is 2.13 bits per heavy atom. The first kappa shape index (κ1) is 23.2. The Morgan fingerprint density at radius 1 is 1.00 bits per heavy atom. The molecule has 0 heterocycles. The third-order valence-electron chi connectivity index (χ3n) is 3.86. The summed E-state index contributed by atoms with van der Waals surface area (Å²) in [4.78, 5) is 10.4. The lowest BCUT2D eigenvalue weighted by Crippen LogP contribution is -2.18. The number of methoxy groups -OCH3 is 2. The summed E-state index contributed by atoms with van der Waals surface area (Å²) in [6.45, 7) is 0. The van der Waals surface area contributed by atoms with Crippen LogP contribution in [0.15, 0.2) is 52.3 Å². The monoisotopic (exact) mass is 456 g/mol. The molecule has 2 aromatic rings. The topological polar surface area (TPSA) is 148 Å². The molecular formula is C18H20N2O8S2. The van der Waals surface area contributed by atoms with Gasteiger partial charge in [0.2, 0.25) is 10.0 Å². The molecule has 2 aromatic carbocycles. The first-order valence-corrected chi connectivity index (χ1v) is 11.2. The second-order valence-corrected chi connectivity index (χ2v) is 9.30. The molecule has 3 N–H and O–H groups in total. The van der Waals surface area contributed by atoms with Crippen LogP contribution < -0.4 is 18.9 Å². The second kappa shape index (κ2) is 9.15. The maximum atomic E-state index is 13.0. The van der Waals surface area contributed by atoms with Gasteiger partial charge in [0, 0.05) is 11.8 Å². The number of sulfonamides is 2. The molecular weight excluding hydrogens is 436 g/mol. The van der Waals surface area contributed by atoms with Gasteiger partial charge in [-0.25, -0.2) is 26.4 Å². The van der Waals surface area contributed by atoms with E-state index < -0.39 is 26.0 Å². The lowest BCUT2D eigenvalue weighted by atomic mass is 10.2. The van der Waals surface area contributed by atoms with E-state index in [0.29, 0.717) is 0 Å². The maximum absolute atomic E-state index is 13.0. The normalized spacial score (nSPS) is 12.0. The molecule has 10 nitrogen and oxygen atoms in total. The predicted octanol–water partition coefficient (Wildman–Crippen LogP) is 1.51. The first-order chi connectivity index (χ1) is 14.0. The number of carboxylic acids is 1. The van der Waals surface area contributed by atoms with Gasteiger partial charge < -0.3 is 14.6 Å². The van der Waals surface area contributed by atoms with E-state index in [1.54, 1.807) is 0 Å². The van der Waals surface area contributed by atoms with Gasteiger partial charge in [-0.3, -0.25) is 4.72 Å². The number of hydrogen-bond donors (Lipinski definition) is 3. The number of rotatable bonds is 9. The van der Waals surface area contributed by atoms with Crippen LogP contribution in [0.1, 0.15) is 5.56 Å². The summed E-state index contributed by atoms with van der Waals surface area (Å²) >= 11 is 0.